The zero-order valence-corrected chi connectivity index (χ0v) is 7.19. The van der Waals surface area contributed by atoms with Crippen molar-refractivity contribution in [3.05, 3.63) is 42.5 Å². The molecule has 0 unspecified atom stereocenters. The Balaban J connectivity index is 2.79. The van der Waals surface area contributed by atoms with E-state index in [9.17, 15) is 4.79 Å². The van der Waals surface area contributed by atoms with Crippen molar-refractivity contribution in [1.82, 2.24) is 0 Å². The lowest BCUT2D eigenvalue weighted by Crippen LogP contribution is -2.10. The highest BCUT2D eigenvalue weighted by atomic mass is 16.5. The Kier molecular flexibility index (Phi) is 3.09. The number of ether oxygens (including phenoxy) is 1. The van der Waals surface area contributed by atoms with Crippen LogP contribution in [0.3, 0.4) is 0 Å². The molecule has 0 heterocycles. The van der Waals surface area contributed by atoms with Gasteiger partial charge in [-0.1, -0.05) is 18.7 Å². The van der Waals surface area contributed by atoms with E-state index in [1.54, 1.807) is 30.3 Å². The van der Waals surface area contributed by atoms with Crippen LogP contribution in [0, 0.1) is 0 Å². The quantitative estimate of drug-likeness (QED) is 0.706. The molecule has 0 aliphatic carbocycles. The highest BCUT2D eigenvalue weighted by Gasteiger charge is 2.00. The second-order valence-electron chi connectivity index (χ2n) is 2.49. The van der Waals surface area contributed by atoms with Gasteiger partial charge in [0.2, 0.25) is 5.91 Å². The first-order valence-corrected chi connectivity index (χ1v) is 3.87. The lowest BCUT2D eigenvalue weighted by atomic mass is 10.2. The summed E-state index contributed by atoms with van der Waals surface area (Å²) in [7, 11) is 0. The van der Waals surface area contributed by atoms with E-state index >= 15 is 0 Å². The molecule has 1 amide bonds. The normalized spacial score (nSPS) is 9.23. The lowest BCUT2D eigenvalue weighted by Gasteiger charge is -2.03. The third-order valence-electron chi connectivity index (χ3n) is 1.49. The summed E-state index contributed by atoms with van der Waals surface area (Å²) >= 11 is 0. The average molecular weight is 177 g/mol. The average Bonchev–Trinajstić information content (AvgIpc) is 2.15. The molecule has 0 bridgehead atoms. The molecule has 0 aliphatic heterocycles. The van der Waals surface area contributed by atoms with Crippen LogP contribution in [-0.2, 0) is 0 Å². The minimum atomic E-state index is -0.455. The van der Waals surface area contributed by atoms with E-state index in [2.05, 4.69) is 6.58 Å². The van der Waals surface area contributed by atoms with Crippen LogP contribution in [0.1, 0.15) is 10.4 Å². The van der Waals surface area contributed by atoms with Crippen molar-refractivity contribution < 1.29 is 9.53 Å². The third-order valence-corrected chi connectivity index (χ3v) is 1.49. The minimum absolute atomic E-state index is 0.419. The number of carbonyl (C=O) groups excluding carboxylic acids is 1. The number of hydrogen-bond acceptors (Lipinski definition) is 2. The third kappa shape index (κ3) is 2.63. The van der Waals surface area contributed by atoms with E-state index in [1.807, 2.05) is 0 Å². The number of primary amides is 1. The van der Waals surface area contributed by atoms with Crippen molar-refractivity contribution in [1.29, 1.82) is 0 Å². The molecule has 3 heteroatoms. The molecule has 2 N–H and O–H groups in total. The molecule has 3 nitrogen and oxygen atoms in total. The molecule has 13 heavy (non-hydrogen) atoms. The molecule has 0 atom stereocenters. The van der Waals surface area contributed by atoms with Crippen LogP contribution in [0.4, 0.5) is 0 Å². The standard InChI is InChI=1S/C10H11NO2/c1-2-6-13-9-5-3-4-8(7-9)10(11)12/h2-5,7H,1,6H2,(H2,11,12). The lowest BCUT2D eigenvalue weighted by molar-refractivity contribution is 0.1000. The summed E-state index contributed by atoms with van der Waals surface area (Å²) in [5.41, 5.74) is 5.54. The van der Waals surface area contributed by atoms with Crippen LogP contribution in [0.2, 0.25) is 0 Å². The van der Waals surface area contributed by atoms with Gasteiger partial charge in [0.05, 0.1) is 0 Å². The molecular formula is C10H11NO2. The second-order valence-corrected chi connectivity index (χ2v) is 2.49. The van der Waals surface area contributed by atoms with Gasteiger partial charge in [0.25, 0.3) is 0 Å². The summed E-state index contributed by atoms with van der Waals surface area (Å²) in [5.74, 6) is 0.167. The summed E-state index contributed by atoms with van der Waals surface area (Å²) in [6, 6.07) is 6.73. The topological polar surface area (TPSA) is 52.3 Å². The van der Waals surface area contributed by atoms with Crippen LogP contribution in [0.15, 0.2) is 36.9 Å². The van der Waals surface area contributed by atoms with Crippen molar-refractivity contribution in [2.45, 2.75) is 0 Å². The van der Waals surface area contributed by atoms with Crippen LogP contribution in [-0.4, -0.2) is 12.5 Å². The fourth-order valence-electron chi connectivity index (χ4n) is 0.894. The number of benzene rings is 1. The highest BCUT2D eigenvalue weighted by molar-refractivity contribution is 5.93. The molecule has 0 saturated heterocycles. The second kappa shape index (κ2) is 4.30. The fourth-order valence-corrected chi connectivity index (χ4v) is 0.894. The molecular weight excluding hydrogens is 166 g/mol. The minimum Gasteiger partial charge on any atom is -0.490 e. The van der Waals surface area contributed by atoms with E-state index in [-0.39, 0.29) is 0 Å². The van der Waals surface area contributed by atoms with E-state index in [0.29, 0.717) is 17.9 Å². The molecule has 0 aliphatic rings. The SMILES string of the molecule is C=CCOc1cccc(C(N)=O)c1. The Morgan fingerprint density at radius 1 is 1.62 bits per heavy atom. The van der Waals surface area contributed by atoms with Gasteiger partial charge in [0.15, 0.2) is 0 Å². The molecule has 0 radical (unpaired) electrons. The molecule has 1 aromatic carbocycles. The Morgan fingerprint density at radius 3 is 3.00 bits per heavy atom. The molecule has 68 valence electrons. The highest BCUT2D eigenvalue weighted by Crippen LogP contribution is 2.12. The van der Waals surface area contributed by atoms with Crippen LogP contribution < -0.4 is 10.5 Å². The van der Waals surface area contributed by atoms with E-state index in [1.165, 1.54) is 0 Å². The predicted octanol–water partition coefficient (Wildman–Crippen LogP) is 1.35. The molecule has 1 aromatic rings. The zero-order chi connectivity index (χ0) is 9.68. The van der Waals surface area contributed by atoms with Gasteiger partial charge in [-0.2, -0.15) is 0 Å². The number of hydrogen-bond donors (Lipinski definition) is 1. The number of amides is 1. The smallest absolute Gasteiger partial charge is 0.248 e. The van der Waals surface area contributed by atoms with Crippen LogP contribution in [0.25, 0.3) is 0 Å². The maximum Gasteiger partial charge on any atom is 0.248 e. The van der Waals surface area contributed by atoms with Crippen molar-refractivity contribution in [3.63, 3.8) is 0 Å². The van der Waals surface area contributed by atoms with E-state index < -0.39 is 5.91 Å². The number of rotatable bonds is 4. The Morgan fingerprint density at radius 2 is 2.38 bits per heavy atom. The molecule has 0 spiro atoms. The summed E-state index contributed by atoms with van der Waals surface area (Å²) in [5, 5.41) is 0. The Bertz CT molecular complexity index is 320. The first-order valence-electron chi connectivity index (χ1n) is 3.87. The summed E-state index contributed by atoms with van der Waals surface area (Å²) < 4.78 is 5.22. The maximum atomic E-state index is 10.8. The summed E-state index contributed by atoms with van der Waals surface area (Å²) in [6.45, 7) is 3.94. The van der Waals surface area contributed by atoms with Crippen LogP contribution >= 0.6 is 0 Å². The predicted molar refractivity (Wildman–Crippen MR) is 50.7 cm³/mol. The van der Waals surface area contributed by atoms with Gasteiger partial charge in [-0.3, -0.25) is 4.79 Å². The maximum absolute atomic E-state index is 10.8. The Hall–Kier alpha value is -1.77. The van der Waals surface area contributed by atoms with E-state index in [0.717, 1.165) is 0 Å². The summed E-state index contributed by atoms with van der Waals surface area (Å²) in [6.07, 6.45) is 1.64. The number of carbonyl (C=O) groups is 1. The van der Waals surface area contributed by atoms with Gasteiger partial charge < -0.3 is 10.5 Å². The zero-order valence-electron chi connectivity index (χ0n) is 7.19. The molecule has 0 fully saturated rings. The van der Waals surface area contributed by atoms with Gasteiger partial charge in [-0.05, 0) is 18.2 Å². The molecule has 0 aromatic heterocycles. The molecule has 0 saturated carbocycles. The number of nitrogens with two attached hydrogens (primary N) is 1. The van der Waals surface area contributed by atoms with Gasteiger partial charge in [0.1, 0.15) is 12.4 Å². The molecule has 1 rings (SSSR count). The first-order chi connectivity index (χ1) is 6.24. The van der Waals surface area contributed by atoms with Crippen molar-refractivity contribution in [2.24, 2.45) is 5.73 Å². The Labute approximate surface area is 76.8 Å². The summed E-state index contributed by atoms with van der Waals surface area (Å²) in [4.78, 5) is 10.8. The van der Waals surface area contributed by atoms with Crippen molar-refractivity contribution in [3.8, 4) is 5.75 Å². The fraction of sp³-hybridized carbons (Fsp3) is 0.100. The van der Waals surface area contributed by atoms with Crippen molar-refractivity contribution >= 4 is 5.91 Å². The largest absolute Gasteiger partial charge is 0.490 e. The van der Waals surface area contributed by atoms with Gasteiger partial charge in [-0.25, -0.2) is 0 Å². The van der Waals surface area contributed by atoms with Crippen LogP contribution in [0.5, 0.6) is 5.75 Å². The van der Waals surface area contributed by atoms with Gasteiger partial charge in [-0.15, -0.1) is 0 Å². The van der Waals surface area contributed by atoms with Gasteiger partial charge >= 0.3 is 0 Å². The monoisotopic (exact) mass is 177 g/mol. The first kappa shape index (κ1) is 9.32. The van der Waals surface area contributed by atoms with E-state index in [4.69, 9.17) is 10.5 Å². The van der Waals surface area contributed by atoms with Crippen molar-refractivity contribution in [2.75, 3.05) is 6.61 Å². The van der Waals surface area contributed by atoms with Gasteiger partial charge in [0, 0.05) is 5.56 Å².